The summed E-state index contributed by atoms with van der Waals surface area (Å²) < 4.78 is 16.4. The largest absolute Gasteiger partial charge is 0.466 e. The van der Waals surface area contributed by atoms with Crippen molar-refractivity contribution in [1.29, 1.82) is 0 Å². The van der Waals surface area contributed by atoms with Gasteiger partial charge >= 0.3 is 0 Å². The van der Waals surface area contributed by atoms with Crippen LogP contribution in [-0.4, -0.2) is 97.8 Å². The minimum atomic E-state index is -2.03. The molecule has 10 nitrogen and oxygen atoms in total. The number of hydrogen-bond donors (Lipinski definition) is 7. The van der Waals surface area contributed by atoms with Gasteiger partial charge in [-0.3, -0.25) is 0 Å². The molecule has 2 aliphatic heterocycles. The second kappa shape index (κ2) is 6.58. The minimum absolute atomic E-state index is 0.0457. The summed E-state index contributed by atoms with van der Waals surface area (Å²) in [6, 6.07) is 2.87. The van der Waals surface area contributed by atoms with Crippen LogP contribution in [0.15, 0.2) is 22.8 Å². The smallest absolute Gasteiger partial charge is 0.183 e. The number of aliphatic hydroxyl groups is 7. The molecule has 8 atom stereocenters. The van der Waals surface area contributed by atoms with Crippen LogP contribution in [0.4, 0.5) is 0 Å². The fourth-order valence-electron chi connectivity index (χ4n) is 3.47. The molecule has 10 heteroatoms. The maximum Gasteiger partial charge on any atom is 0.183 e. The van der Waals surface area contributed by atoms with Gasteiger partial charge in [-0.05, 0) is 12.1 Å². The average molecular weight is 362 g/mol. The Morgan fingerprint density at radius 3 is 2.32 bits per heavy atom. The molecule has 0 radical (unpaired) electrons. The molecule has 3 rings (SSSR count). The summed E-state index contributed by atoms with van der Waals surface area (Å²) >= 11 is 0. The van der Waals surface area contributed by atoms with Gasteiger partial charge in [0.05, 0.1) is 26.1 Å². The third-order valence-corrected chi connectivity index (χ3v) is 4.97. The van der Waals surface area contributed by atoms with Gasteiger partial charge in [0, 0.05) is 0 Å². The highest BCUT2D eigenvalue weighted by molar-refractivity contribution is 5.23. The van der Waals surface area contributed by atoms with E-state index >= 15 is 0 Å². The lowest BCUT2D eigenvalue weighted by atomic mass is 9.76. The first-order valence-electron chi connectivity index (χ1n) is 7.81. The maximum absolute atomic E-state index is 10.7. The van der Waals surface area contributed by atoms with Gasteiger partial charge in [0.1, 0.15) is 48.0 Å². The van der Waals surface area contributed by atoms with Gasteiger partial charge in [-0.15, -0.1) is 0 Å². The van der Waals surface area contributed by atoms with Crippen molar-refractivity contribution >= 4 is 0 Å². The van der Waals surface area contributed by atoms with Gasteiger partial charge in [0.15, 0.2) is 5.60 Å². The van der Waals surface area contributed by atoms with Crippen molar-refractivity contribution in [2.75, 3.05) is 19.8 Å². The molecule has 1 aromatic rings. The zero-order chi connectivity index (χ0) is 18.4. The fraction of sp³-hybridized carbons (Fsp3) is 0.733. The van der Waals surface area contributed by atoms with Crippen LogP contribution in [0.1, 0.15) is 5.76 Å². The number of rotatable bonds is 4. The molecule has 2 unspecified atom stereocenters. The molecule has 142 valence electrons. The molecule has 25 heavy (non-hydrogen) atoms. The Balaban J connectivity index is 2.09. The first-order chi connectivity index (χ1) is 11.8. The van der Waals surface area contributed by atoms with Crippen molar-refractivity contribution in [2.45, 2.75) is 47.8 Å². The number of furan rings is 1. The van der Waals surface area contributed by atoms with Gasteiger partial charge < -0.3 is 49.6 Å². The molecule has 0 aromatic carbocycles. The quantitative estimate of drug-likeness (QED) is 0.284. The Morgan fingerprint density at radius 1 is 1.08 bits per heavy atom. The second-order valence-electron chi connectivity index (χ2n) is 6.47. The maximum atomic E-state index is 10.7. The monoisotopic (exact) mass is 362 g/mol. The summed E-state index contributed by atoms with van der Waals surface area (Å²) in [5.74, 6) is -0.0457. The highest BCUT2D eigenvalue weighted by Crippen LogP contribution is 2.47. The molecule has 1 aromatic heterocycles. The Morgan fingerprint density at radius 2 is 1.80 bits per heavy atom. The van der Waals surface area contributed by atoms with E-state index in [-0.39, 0.29) is 5.76 Å². The van der Waals surface area contributed by atoms with Crippen molar-refractivity contribution < 1.29 is 49.6 Å². The third-order valence-electron chi connectivity index (χ3n) is 4.97. The standard InChI is InChI=1S/C15H22O10/c16-4-7-9(18)10(19)11(20)15(25-7,8-2-1-3-23-8)13-12(21)14(22,5-17)6-24-13/h1-3,7,9-13,16-22H,4-6H2/t7-,9-,10-,11+,12+,13?,14?,15+/m1/s1. The predicted molar refractivity (Wildman–Crippen MR) is 78.1 cm³/mol. The zero-order valence-corrected chi connectivity index (χ0v) is 13.2. The van der Waals surface area contributed by atoms with Gasteiger partial charge in [-0.1, -0.05) is 0 Å². The van der Waals surface area contributed by atoms with Crippen LogP contribution in [0.5, 0.6) is 0 Å². The van der Waals surface area contributed by atoms with E-state index in [2.05, 4.69) is 0 Å². The van der Waals surface area contributed by atoms with Crippen LogP contribution in [0.25, 0.3) is 0 Å². The van der Waals surface area contributed by atoms with Crippen LogP contribution < -0.4 is 0 Å². The highest BCUT2D eigenvalue weighted by Gasteiger charge is 2.66. The number of ether oxygens (including phenoxy) is 2. The van der Waals surface area contributed by atoms with Crippen molar-refractivity contribution in [3.8, 4) is 0 Å². The molecule has 0 bridgehead atoms. The molecule has 7 N–H and O–H groups in total. The number of hydrogen-bond acceptors (Lipinski definition) is 10. The predicted octanol–water partition coefficient (Wildman–Crippen LogP) is -3.57. The van der Waals surface area contributed by atoms with Crippen molar-refractivity contribution in [3.63, 3.8) is 0 Å². The van der Waals surface area contributed by atoms with Gasteiger partial charge in [-0.2, -0.15) is 0 Å². The first-order valence-corrected chi connectivity index (χ1v) is 7.81. The van der Waals surface area contributed by atoms with E-state index in [1.54, 1.807) is 0 Å². The lowest BCUT2D eigenvalue weighted by Gasteiger charge is -2.50. The SMILES string of the molecule is OC[C@H]1O[C@](c2ccco2)(C2OCC(O)(CO)[C@H]2O)[C@@H](O)[C@H](O)[C@@H]1O. The summed E-state index contributed by atoms with van der Waals surface area (Å²) in [5.41, 5.74) is -4.04. The summed E-state index contributed by atoms with van der Waals surface area (Å²) in [7, 11) is 0. The van der Waals surface area contributed by atoms with E-state index < -0.39 is 67.6 Å². The lowest BCUT2D eigenvalue weighted by molar-refractivity contribution is -0.318. The number of aliphatic hydroxyl groups excluding tert-OH is 6. The van der Waals surface area contributed by atoms with Crippen molar-refractivity contribution in [1.82, 2.24) is 0 Å². The van der Waals surface area contributed by atoms with E-state index in [0.29, 0.717) is 0 Å². The fourth-order valence-corrected chi connectivity index (χ4v) is 3.47. The molecule has 2 saturated heterocycles. The zero-order valence-electron chi connectivity index (χ0n) is 13.2. The van der Waals surface area contributed by atoms with E-state index in [4.69, 9.17) is 13.9 Å². The Bertz CT molecular complexity index is 577. The summed E-state index contributed by atoms with van der Waals surface area (Å²) in [4.78, 5) is 0. The second-order valence-corrected chi connectivity index (χ2v) is 6.47. The topological polar surface area (TPSA) is 173 Å². The van der Waals surface area contributed by atoms with Crippen LogP contribution >= 0.6 is 0 Å². The Hall–Kier alpha value is -1.08. The molecular weight excluding hydrogens is 340 g/mol. The first kappa shape index (κ1) is 18.7. The van der Waals surface area contributed by atoms with Crippen molar-refractivity contribution in [3.05, 3.63) is 24.2 Å². The molecule has 0 saturated carbocycles. The van der Waals surface area contributed by atoms with Crippen molar-refractivity contribution in [2.24, 2.45) is 0 Å². The third kappa shape index (κ3) is 2.62. The molecule has 2 fully saturated rings. The van der Waals surface area contributed by atoms with Gasteiger partial charge in [-0.25, -0.2) is 0 Å². The van der Waals surface area contributed by atoms with E-state index in [0.717, 1.165) is 0 Å². The average Bonchev–Trinajstić information content (AvgIpc) is 3.25. The highest BCUT2D eigenvalue weighted by atomic mass is 16.6. The van der Waals surface area contributed by atoms with E-state index in [9.17, 15) is 35.7 Å². The molecular formula is C15H22O10. The van der Waals surface area contributed by atoms with Gasteiger partial charge in [0.2, 0.25) is 0 Å². The summed E-state index contributed by atoms with van der Waals surface area (Å²) in [6.45, 7) is -1.97. The Kier molecular flexibility index (Phi) is 4.92. The molecule has 3 heterocycles. The van der Waals surface area contributed by atoms with E-state index in [1.807, 2.05) is 0 Å². The van der Waals surface area contributed by atoms with Crippen LogP contribution in [0.3, 0.4) is 0 Å². The lowest BCUT2D eigenvalue weighted by Crippen LogP contribution is -2.69. The normalized spacial score (nSPS) is 48.0. The molecule has 0 aliphatic carbocycles. The van der Waals surface area contributed by atoms with Crippen LogP contribution in [-0.2, 0) is 15.1 Å². The molecule has 2 aliphatic rings. The summed E-state index contributed by atoms with van der Waals surface area (Å²) in [5, 5.41) is 70.4. The summed E-state index contributed by atoms with van der Waals surface area (Å²) in [6.07, 6.45) is -8.40. The van der Waals surface area contributed by atoms with Crippen LogP contribution in [0.2, 0.25) is 0 Å². The minimum Gasteiger partial charge on any atom is -0.466 e. The molecule has 0 amide bonds. The van der Waals surface area contributed by atoms with Crippen LogP contribution in [0, 0.1) is 0 Å². The van der Waals surface area contributed by atoms with E-state index in [1.165, 1.54) is 18.4 Å². The van der Waals surface area contributed by atoms with Gasteiger partial charge in [0.25, 0.3) is 0 Å². The molecule has 0 spiro atoms. The Labute approximate surface area is 142 Å².